The van der Waals surface area contributed by atoms with Gasteiger partial charge in [0.1, 0.15) is 0 Å². The SMILES string of the molecule is CN(C)S(=O)(=O)C[C@@H]1CN(C(=O)CCCc2ccc(Cl)cc2)C[C@@H]1O. The molecule has 0 saturated carbocycles. The molecule has 1 aromatic carbocycles. The summed E-state index contributed by atoms with van der Waals surface area (Å²) in [6.07, 6.45) is 1.06. The van der Waals surface area contributed by atoms with Gasteiger partial charge in [-0.2, -0.15) is 0 Å². The van der Waals surface area contributed by atoms with E-state index in [9.17, 15) is 18.3 Å². The third-order valence-electron chi connectivity index (χ3n) is 4.51. The zero-order chi connectivity index (χ0) is 18.6. The molecule has 1 N–H and O–H groups in total. The first-order valence-corrected chi connectivity index (χ1v) is 10.3. The Kier molecular flexibility index (Phi) is 6.85. The minimum Gasteiger partial charge on any atom is -0.391 e. The minimum atomic E-state index is -3.40. The number of hydrogen-bond acceptors (Lipinski definition) is 4. The molecule has 1 heterocycles. The van der Waals surface area contributed by atoms with Crippen LogP contribution in [-0.2, 0) is 21.2 Å². The van der Waals surface area contributed by atoms with Crippen LogP contribution in [0.3, 0.4) is 0 Å². The summed E-state index contributed by atoms with van der Waals surface area (Å²) >= 11 is 5.84. The third-order valence-corrected chi connectivity index (χ3v) is 6.72. The number of carbonyl (C=O) groups excluding carboxylic acids is 1. The van der Waals surface area contributed by atoms with Gasteiger partial charge in [-0.15, -0.1) is 0 Å². The molecule has 6 nitrogen and oxygen atoms in total. The van der Waals surface area contributed by atoms with Crippen LogP contribution in [0.5, 0.6) is 0 Å². The first-order chi connectivity index (χ1) is 11.7. The molecule has 0 spiro atoms. The smallest absolute Gasteiger partial charge is 0.222 e. The van der Waals surface area contributed by atoms with Gasteiger partial charge in [-0.3, -0.25) is 4.79 Å². The van der Waals surface area contributed by atoms with Crippen LogP contribution < -0.4 is 0 Å². The van der Waals surface area contributed by atoms with E-state index < -0.39 is 22.0 Å². The number of sulfonamides is 1. The number of aliphatic hydroxyl groups excluding tert-OH is 1. The lowest BCUT2D eigenvalue weighted by atomic mass is 10.1. The molecule has 1 amide bonds. The van der Waals surface area contributed by atoms with Crippen molar-refractivity contribution in [3.63, 3.8) is 0 Å². The molecule has 1 aliphatic rings. The summed E-state index contributed by atoms with van der Waals surface area (Å²) in [5.41, 5.74) is 1.12. The second-order valence-electron chi connectivity index (χ2n) is 6.67. The Morgan fingerprint density at radius 3 is 2.52 bits per heavy atom. The highest BCUT2D eigenvalue weighted by atomic mass is 35.5. The molecule has 1 aliphatic heterocycles. The molecule has 2 atom stereocenters. The Labute approximate surface area is 154 Å². The number of carbonyl (C=O) groups is 1. The lowest BCUT2D eigenvalue weighted by Crippen LogP contribution is -2.33. The van der Waals surface area contributed by atoms with Gasteiger partial charge in [0.2, 0.25) is 15.9 Å². The highest BCUT2D eigenvalue weighted by Crippen LogP contribution is 2.21. The number of benzene rings is 1. The average Bonchev–Trinajstić information content (AvgIpc) is 2.89. The standard InChI is InChI=1S/C17H25ClN2O4S/c1-19(2)25(23,24)12-14-10-20(11-16(14)21)17(22)5-3-4-13-6-8-15(18)9-7-13/h6-9,14,16,21H,3-5,10-12H2,1-2H3/t14-,16-/m0/s1. The van der Waals surface area contributed by atoms with Crippen molar-refractivity contribution in [3.05, 3.63) is 34.9 Å². The van der Waals surface area contributed by atoms with Gasteiger partial charge in [-0.25, -0.2) is 12.7 Å². The number of aryl methyl sites for hydroxylation is 1. The Bertz CT molecular complexity index is 691. The van der Waals surface area contributed by atoms with E-state index in [4.69, 9.17) is 11.6 Å². The third kappa shape index (κ3) is 5.67. The van der Waals surface area contributed by atoms with Gasteiger partial charge in [0.25, 0.3) is 0 Å². The minimum absolute atomic E-state index is 0.0437. The van der Waals surface area contributed by atoms with Crippen LogP contribution in [-0.4, -0.2) is 67.7 Å². The highest BCUT2D eigenvalue weighted by Gasteiger charge is 2.37. The van der Waals surface area contributed by atoms with Crippen molar-refractivity contribution in [2.75, 3.05) is 32.9 Å². The van der Waals surface area contributed by atoms with E-state index in [2.05, 4.69) is 0 Å². The maximum absolute atomic E-state index is 12.3. The van der Waals surface area contributed by atoms with E-state index in [0.29, 0.717) is 17.9 Å². The first kappa shape index (κ1) is 20.2. The Morgan fingerprint density at radius 2 is 1.92 bits per heavy atom. The van der Waals surface area contributed by atoms with Gasteiger partial charge in [0.15, 0.2) is 0 Å². The highest BCUT2D eigenvalue weighted by molar-refractivity contribution is 7.89. The lowest BCUT2D eigenvalue weighted by Gasteiger charge is -2.18. The van der Waals surface area contributed by atoms with Crippen molar-refractivity contribution >= 4 is 27.5 Å². The first-order valence-electron chi connectivity index (χ1n) is 8.29. The number of hydrogen-bond donors (Lipinski definition) is 1. The van der Waals surface area contributed by atoms with Crippen LogP contribution in [0.2, 0.25) is 5.02 Å². The number of amides is 1. The predicted octanol–water partition coefficient (Wildman–Crippen LogP) is 1.37. The molecular weight excluding hydrogens is 364 g/mol. The number of nitrogens with zero attached hydrogens (tertiary/aromatic N) is 2. The molecular formula is C17H25ClN2O4S. The van der Waals surface area contributed by atoms with Crippen LogP contribution in [0, 0.1) is 5.92 Å². The molecule has 2 rings (SSSR count). The van der Waals surface area contributed by atoms with E-state index in [1.807, 2.05) is 24.3 Å². The maximum Gasteiger partial charge on any atom is 0.222 e. The Balaban J connectivity index is 1.81. The van der Waals surface area contributed by atoms with Gasteiger partial charge in [-0.1, -0.05) is 23.7 Å². The summed E-state index contributed by atoms with van der Waals surface area (Å²) in [5.74, 6) is -0.624. The number of rotatable bonds is 7. The van der Waals surface area contributed by atoms with Crippen molar-refractivity contribution in [2.24, 2.45) is 5.92 Å². The van der Waals surface area contributed by atoms with Gasteiger partial charge < -0.3 is 10.0 Å². The number of likely N-dealkylation sites (tertiary alicyclic amines) is 1. The van der Waals surface area contributed by atoms with E-state index >= 15 is 0 Å². The summed E-state index contributed by atoms with van der Waals surface area (Å²) in [6.45, 7) is 0.488. The molecule has 1 fully saturated rings. The Hall–Kier alpha value is -1.15. The fraction of sp³-hybridized carbons (Fsp3) is 0.588. The zero-order valence-electron chi connectivity index (χ0n) is 14.6. The normalized spacial score (nSPS) is 21.1. The van der Waals surface area contributed by atoms with Crippen LogP contribution >= 0.6 is 11.6 Å². The van der Waals surface area contributed by atoms with Crippen molar-refractivity contribution in [1.29, 1.82) is 0 Å². The quantitative estimate of drug-likeness (QED) is 0.765. The van der Waals surface area contributed by atoms with E-state index in [-0.39, 0.29) is 24.7 Å². The molecule has 0 aromatic heterocycles. The molecule has 0 bridgehead atoms. The van der Waals surface area contributed by atoms with E-state index in [0.717, 1.165) is 16.3 Å². The van der Waals surface area contributed by atoms with Crippen molar-refractivity contribution < 1.29 is 18.3 Å². The van der Waals surface area contributed by atoms with Crippen molar-refractivity contribution in [1.82, 2.24) is 9.21 Å². The second kappa shape index (κ2) is 8.49. The summed E-state index contributed by atoms with van der Waals surface area (Å²) in [5, 5.41) is 10.8. The lowest BCUT2D eigenvalue weighted by molar-refractivity contribution is -0.130. The fourth-order valence-electron chi connectivity index (χ4n) is 2.89. The molecule has 1 saturated heterocycles. The van der Waals surface area contributed by atoms with Crippen LogP contribution in [0.15, 0.2) is 24.3 Å². The molecule has 0 unspecified atom stereocenters. The monoisotopic (exact) mass is 388 g/mol. The van der Waals surface area contributed by atoms with Crippen molar-refractivity contribution in [2.45, 2.75) is 25.4 Å². The van der Waals surface area contributed by atoms with Gasteiger partial charge in [-0.05, 0) is 30.5 Å². The molecule has 25 heavy (non-hydrogen) atoms. The summed E-state index contributed by atoms with van der Waals surface area (Å²) in [6, 6.07) is 7.53. The van der Waals surface area contributed by atoms with Crippen molar-refractivity contribution in [3.8, 4) is 0 Å². The topological polar surface area (TPSA) is 77.9 Å². The largest absolute Gasteiger partial charge is 0.391 e. The summed E-state index contributed by atoms with van der Waals surface area (Å²) < 4.78 is 25.1. The molecule has 140 valence electrons. The number of halogens is 1. The van der Waals surface area contributed by atoms with Gasteiger partial charge in [0, 0.05) is 44.5 Å². The average molecular weight is 389 g/mol. The molecule has 0 aliphatic carbocycles. The molecule has 8 heteroatoms. The van der Waals surface area contributed by atoms with Crippen LogP contribution in [0.1, 0.15) is 18.4 Å². The second-order valence-corrected chi connectivity index (χ2v) is 9.33. The van der Waals surface area contributed by atoms with Crippen LogP contribution in [0.25, 0.3) is 0 Å². The summed E-state index contributed by atoms with van der Waals surface area (Å²) in [4.78, 5) is 13.9. The zero-order valence-corrected chi connectivity index (χ0v) is 16.1. The van der Waals surface area contributed by atoms with Gasteiger partial charge >= 0.3 is 0 Å². The van der Waals surface area contributed by atoms with Crippen LogP contribution in [0.4, 0.5) is 0 Å². The number of β-amino-alcohol motifs (C(OH)–C–C–N with tert-alkyl or cyclic N) is 1. The summed E-state index contributed by atoms with van der Waals surface area (Å²) in [7, 11) is -0.458. The Morgan fingerprint density at radius 1 is 1.28 bits per heavy atom. The van der Waals surface area contributed by atoms with E-state index in [1.165, 1.54) is 14.1 Å². The molecule has 0 radical (unpaired) electrons. The predicted molar refractivity (Wildman–Crippen MR) is 97.9 cm³/mol. The maximum atomic E-state index is 12.3. The number of aliphatic hydroxyl groups is 1. The fourth-order valence-corrected chi connectivity index (χ4v) is 4.19. The molecule has 1 aromatic rings. The van der Waals surface area contributed by atoms with E-state index in [1.54, 1.807) is 4.90 Å². The van der Waals surface area contributed by atoms with Gasteiger partial charge in [0.05, 0.1) is 11.9 Å².